The van der Waals surface area contributed by atoms with E-state index in [2.05, 4.69) is 14.0 Å². The van der Waals surface area contributed by atoms with Crippen LogP contribution in [-0.4, -0.2) is 19.6 Å². The van der Waals surface area contributed by atoms with Crippen LogP contribution in [0.1, 0.15) is 32.6 Å². The number of piperidine rings is 1. The average molecular weight is 147 g/mol. The minimum Gasteiger partial charge on any atom is -1.00 e. The van der Waals surface area contributed by atoms with Crippen molar-refractivity contribution in [1.82, 2.24) is 0 Å². The Labute approximate surface area is 62.8 Å². The molecule has 0 bridgehead atoms. The first-order chi connectivity index (χ1) is 4.34. The number of hydrogen-bond donors (Lipinski definition) is 1. The van der Waals surface area contributed by atoms with Gasteiger partial charge in [0, 0.05) is 0 Å². The summed E-state index contributed by atoms with van der Waals surface area (Å²) in [6.07, 6.45) is 5.74. The molecule has 1 fully saturated rings. The molecule has 1 aliphatic rings. The normalized spacial score (nSPS) is 33.0. The molecule has 1 N–H and O–H groups in total. The van der Waals surface area contributed by atoms with E-state index in [0.717, 1.165) is 6.04 Å². The fourth-order valence-corrected chi connectivity index (χ4v) is 1.80. The predicted molar refractivity (Wildman–Crippen MR) is 39.7 cm³/mol. The van der Waals surface area contributed by atoms with E-state index in [1.807, 2.05) is 0 Å². The lowest BCUT2D eigenvalue weighted by atomic mass is 10.0. The Hall–Kier alpha value is -0.110. The van der Waals surface area contributed by atoms with Crippen molar-refractivity contribution in [2.24, 2.45) is 0 Å². The summed E-state index contributed by atoms with van der Waals surface area (Å²) in [6.45, 7) is 3.71. The van der Waals surface area contributed by atoms with E-state index in [1.165, 1.54) is 32.2 Å². The summed E-state index contributed by atoms with van der Waals surface area (Å²) >= 11 is 0. The molecule has 1 heterocycles. The van der Waals surface area contributed by atoms with Crippen molar-refractivity contribution in [2.75, 3.05) is 13.6 Å². The monoisotopic (exact) mass is 147 g/mol. The van der Waals surface area contributed by atoms with Crippen molar-refractivity contribution in [1.29, 1.82) is 0 Å². The molecule has 10 heavy (non-hydrogen) atoms. The fourth-order valence-electron chi connectivity index (χ4n) is 1.80. The molecule has 1 saturated heterocycles. The van der Waals surface area contributed by atoms with Gasteiger partial charge in [-0.05, 0) is 25.7 Å². The molecule has 0 aromatic heterocycles. The third-order valence-electron chi connectivity index (χ3n) is 2.56. The van der Waals surface area contributed by atoms with Gasteiger partial charge in [0.2, 0.25) is 0 Å². The van der Waals surface area contributed by atoms with Crippen molar-refractivity contribution in [2.45, 2.75) is 38.6 Å². The highest BCUT2D eigenvalue weighted by molar-refractivity contribution is 4.57. The fraction of sp³-hybridized carbons (Fsp3) is 1.00. The maximum Gasteiger partial charge on any atom is 0.0869 e. The highest BCUT2D eigenvalue weighted by Gasteiger charge is 2.19. The first kappa shape index (κ1) is 9.89. The van der Waals surface area contributed by atoms with Gasteiger partial charge < -0.3 is 9.60 Å². The second kappa shape index (κ2) is 4.67. The van der Waals surface area contributed by atoms with Gasteiger partial charge in [-0.15, -0.1) is 0 Å². The third kappa shape index (κ3) is 2.25. The number of halogens is 1. The van der Waals surface area contributed by atoms with Gasteiger partial charge >= 0.3 is 0 Å². The van der Waals surface area contributed by atoms with Gasteiger partial charge in [0.15, 0.2) is 0 Å². The Morgan fingerprint density at radius 1 is 1.40 bits per heavy atom. The van der Waals surface area contributed by atoms with E-state index in [1.54, 1.807) is 4.90 Å². The van der Waals surface area contributed by atoms with Crippen LogP contribution in [0.15, 0.2) is 0 Å². The topological polar surface area (TPSA) is 4.44 Å². The summed E-state index contributed by atoms with van der Waals surface area (Å²) in [5.74, 6) is 0. The predicted octanol–water partition coefficient (Wildman–Crippen LogP) is -2.53. The number of nitrogens with one attached hydrogen (secondary N) is 1. The summed E-state index contributed by atoms with van der Waals surface area (Å²) < 4.78 is 0. The van der Waals surface area contributed by atoms with Crippen molar-refractivity contribution in [3.05, 3.63) is 0 Å². The number of rotatable bonds is 1. The van der Waals surface area contributed by atoms with Crippen LogP contribution in [0.25, 0.3) is 0 Å². The lowest BCUT2D eigenvalue weighted by molar-refractivity contribution is -0.911. The molecule has 0 amide bonds. The van der Waals surface area contributed by atoms with Crippen LogP contribution in [-0.2, 0) is 0 Å². The molecule has 0 saturated carbocycles. The molecular formula is C8H18FN. The van der Waals surface area contributed by atoms with E-state index >= 15 is 0 Å². The molecule has 2 unspecified atom stereocenters. The Morgan fingerprint density at radius 2 is 2.10 bits per heavy atom. The van der Waals surface area contributed by atoms with Crippen LogP contribution in [0.5, 0.6) is 0 Å². The molecule has 0 radical (unpaired) electrons. The largest absolute Gasteiger partial charge is 1.00 e. The van der Waals surface area contributed by atoms with Gasteiger partial charge in [0.25, 0.3) is 0 Å². The Balaban J connectivity index is 0.000000810. The van der Waals surface area contributed by atoms with E-state index in [-0.39, 0.29) is 4.70 Å². The minimum atomic E-state index is 0. The standard InChI is InChI=1S/C8H17N.FH/c1-3-8-6-4-5-7-9(8)2;/h8H,3-7H2,1-2H3;1H. The second-order valence-corrected chi connectivity index (χ2v) is 3.20. The van der Waals surface area contributed by atoms with E-state index in [0.29, 0.717) is 0 Å². The van der Waals surface area contributed by atoms with Gasteiger partial charge in [-0.2, -0.15) is 0 Å². The van der Waals surface area contributed by atoms with E-state index in [4.69, 9.17) is 0 Å². The highest BCUT2D eigenvalue weighted by atomic mass is 19.0. The summed E-state index contributed by atoms with van der Waals surface area (Å²) in [5.41, 5.74) is 0. The third-order valence-corrected chi connectivity index (χ3v) is 2.56. The average Bonchev–Trinajstić information content (AvgIpc) is 1.89. The zero-order valence-electron chi connectivity index (χ0n) is 6.99. The van der Waals surface area contributed by atoms with Gasteiger partial charge in [0.1, 0.15) is 0 Å². The maximum atomic E-state index is 2.33. The van der Waals surface area contributed by atoms with Gasteiger partial charge in [-0.25, -0.2) is 0 Å². The summed E-state index contributed by atoms with van der Waals surface area (Å²) in [4.78, 5) is 1.75. The second-order valence-electron chi connectivity index (χ2n) is 3.20. The number of quaternary nitrogens is 1. The maximum absolute atomic E-state index is 2.33. The van der Waals surface area contributed by atoms with Crippen LogP contribution in [0.4, 0.5) is 0 Å². The van der Waals surface area contributed by atoms with Gasteiger partial charge in [-0.1, -0.05) is 6.92 Å². The first-order valence-corrected chi connectivity index (χ1v) is 4.17. The van der Waals surface area contributed by atoms with E-state index < -0.39 is 0 Å². The molecule has 0 aromatic rings. The van der Waals surface area contributed by atoms with Crippen LogP contribution in [0, 0.1) is 0 Å². The smallest absolute Gasteiger partial charge is 0.0869 e. The number of hydrogen-bond acceptors (Lipinski definition) is 0. The van der Waals surface area contributed by atoms with Crippen LogP contribution in [0.3, 0.4) is 0 Å². The Kier molecular flexibility index (Phi) is 4.62. The van der Waals surface area contributed by atoms with Crippen LogP contribution in [0.2, 0.25) is 0 Å². The SMILES string of the molecule is CCC1CCCC[NH+]1C.[F-]. The molecule has 62 valence electrons. The van der Waals surface area contributed by atoms with Gasteiger partial charge in [-0.3, -0.25) is 0 Å². The lowest BCUT2D eigenvalue weighted by Gasteiger charge is -2.28. The van der Waals surface area contributed by atoms with Crippen LogP contribution >= 0.6 is 0 Å². The molecule has 0 aromatic carbocycles. The summed E-state index contributed by atoms with van der Waals surface area (Å²) in [5, 5.41) is 0. The van der Waals surface area contributed by atoms with E-state index in [9.17, 15) is 0 Å². The molecule has 0 aliphatic carbocycles. The lowest BCUT2D eigenvalue weighted by Crippen LogP contribution is -3.13. The van der Waals surface area contributed by atoms with Crippen molar-refractivity contribution in [3.63, 3.8) is 0 Å². The molecule has 2 heteroatoms. The Bertz CT molecular complexity index is 85.3. The Morgan fingerprint density at radius 3 is 2.50 bits per heavy atom. The van der Waals surface area contributed by atoms with Crippen molar-refractivity contribution >= 4 is 0 Å². The molecule has 1 nitrogen and oxygen atoms in total. The molecule has 1 aliphatic heterocycles. The highest BCUT2D eigenvalue weighted by Crippen LogP contribution is 2.04. The molecule has 0 spiro atoms. The van der Waals surface area contributed by atoms with Crippen molar-refractivity contribution < 1.29 is 9.60 Å². The quantitative estimate of drug-likeness (QED) is 0.417. The molecule has 2 atom stereocenters. The first-order valence-electron chi connectivity index (χ1n) is 4.17. The number of likely N-dealkylation sites (tertiary alicyclic amines) is 1. The van der Waals surface area contributed by atoms with Crippen molar-refractivity contribution in [3.8, 4) is 0 Å². The molecule has 1 rings (SSSR count). The van der Waals surface area contributed by atoms with Crippen LogP contribution < -0.4 is 9.60 Å². The summed E-state index contributed by atoms with van der Waals surface area (Å²) in [6, 6.07) is 0.971. The zero-order chi connectivity index (χ0) is 6.69. The minimum absolute atomic E-state index is 0. The summed E-state index contributed by atoms with van der Waals surface area (Å²) in [7, 11) is 2.33. The zero-order valence-corrected chi connectivity index (χ0v) is 6.99. The molecular weight excluding hydrogens is 129 g/mol. The van der Waals surface area contributed by atoms with Gasteiger partial charge in [0.05, 0.1) is 19.6 Å².